The van der Waals surface area contributed by atoms with E-state index in [1.165, 1.54) is 5.56 Å². The number of hydrogen-bond donors (Lipinski definition) is 0. The molecule has 1 aromatic heterocycles. The monoisotopic (exact) mass is 337 g/mol. The van der Waals surface area contributed by atoms with Crippen LogP contribution in [0, 0.1) is 6.92 Å². The molecule has 2 nitrogen and oxygen atoms in total. The maximum atomic E-state index is 12.4. The number of carbonyl (C=O) groups is 1. The van der Waals surface area contributed by atoms with Crippen molar-refractivity contribution in [3.05, 3.63) is 90.1 Å². The zero-order valence-electron chi connectivity index (χ0n) is 14.9. The Kier molecular flexibility index (Phi) is 4.10. The number of carbonyl (C=O) groups excluding carboxylic acids is 1. The summed E-state index contributed by atoms with van der Waals surface area (Å²) in [5, 5.41) is 1.01. The Labute approximate surface area is 153 Å². The molecule has 0 N–H and O–H groups in total. The van der Waals surface area contributed by atoms with Crippen molar-refractivity contribution in [2.75, 3.05) is 0 Å². The van der Waals surface area contributed by atoms with Crippen molar-refractivity contribution in [3.63, 3.8) is 0 Å². The first kappa shape index (κ1) is 16.2. The van der Waals surface area contributed by atoms with Gasteiger partial charge in [0.1, 0.15) is 0 Å². The Balaban J connectivity index is 1.94. The number of fused-ring (bicyclic) bond motifs is 1. The van der Waals surface area contributed by atoms with Crippen molar-refractivity contribution in [1.82, 2.24) is 4.98 Å². The van der Waals surface area contributed by atoms with E-state index in [1.807, 2.05) is 49.4 Å². The zero-order chi connectivity index (χ0) is 18.1. The highest BCUT2D eigenvalue weighted by Gasteiger charge is 2.17. The number of rotatable bonds is 3. The van der Waals surface area contributed by atoms with Crippen LogP contribution in [-0.4, -0.2) is 10.8 Å². The second-order valence-corrected chi connectivity index (χ2v) is 6.46. The van der Waals surface area contributed by atoms with Gasteiger partial charge in [-0.05, 0) is 36.6 Å². The lowest BCUT2D eigenvalue weighted by Gasteiger charge is -2.14. The molecule has 0 atom stereocenters. The maximum Gasteiger partial charge on any atom is 0.162 e. The average Bonchev–Trinajstić information content (AvgIpc) is 2.67. The van der Waals surface area contributed by atoms with Crippen molar-refractivity contribution in [2.45, 2.75) is 13.8 Å². The van der Waals surface area contributed by atoms with Gasteiger partial charge in [0.15, 0.2) is 5.78 Å². The molecular weight excluding hydrogens is 318 g/mol. The number of benzene rings is 3. The number of Topliss-reactive ketones (excluding diaryl/α,β-unsaturated/α-hetero) is 1. The molecule has 0 aliphatic rings. The van der Waals surface area contributed by atoms with E-state index in [1.54, 1.807) is 6.92 Å². The van der Waals surface area contributed by atoms with Gasteiger partial charge in [-0.2, -0.15) is 0 Å². The summed E-state index contributed by atoms with van der Waals surface area (Å²) < 4.78 is 0. The number of hydrogen-bond acceptors (Lipinski definition) is 2. The third-order valence-electron chi connectivity index (χ3n) is 4.71. The summed E-state index contributed by atoms with van der Waals surface area (Å²) in [6, 6.07) is 26.7. The highest BCUT2D eigenvalue weighted by atomic mass is 16.1. The second-order valence-electron chi connectivity index (χ2n) is 6.46. The predicted molar refractivity (Wildman–Crippen MR) is 107 cm³/mol. The van der Waals surface area contributed by atoms with Crippen LogP contribution in [0.5, 0.6) is 0 Å². The van der Waals surface area contributed by atoms with Crippen LogP contribution in [0.1, 0.15) is 23.0 Å². The van der Waals surface area contributed by atoms with E-state index < -0.39 is 0 Å². The van der Waals surface area contributed by atoms with E-state index in [4.69, 9.17) is 0 Å². The Bertz CT molecular complexity index is 1100. The van der Waals surface area contributed by atoms with Crippen molar-refractivity contribution in [3.8, 4) is 22.3 Å². The average molecular weight is 337 g/mol. The summed E-state index contributed by atoms with van der Waals surface area (Å²) in [6.45, 7) is 3.52. The number of para-hydroxylation sites is 1. The fourth-order valence-electron chi connectivity index (χ4n) is 3.53. The highest BCUT2D eigenvalue weighted by molar-refractivity contribution is 6.09. The molecule has 3 aromatic carbocycles. The zero-order valence-corrected chi connectivity index (χ0v) is 14.9. The summed E-state index contributed by atoms with van der Waals surface area (Å²) in [7, 11) is 0. The van der Waals surface area contributed by atoms with E-state index in [-0.39, 0.29) is 5.78 Å². The molecule has 0 saturated heterocycles. The molecule has 0 saturated carbocycles. The van der Waals surface area contributed by atoms with Gasteiger partial charge in [0.2, 0.25) is 0 Å². The molecule has 0 spiro atoms. The smallest absolute Gasteiger partial charge is 0.162 e. The first-order chi connectivity index (χ1) is 12.6. The van der Waals surface area contributed by atoms with Crippen LogP contribution in [0.25, 0.3) is 33.2 Å². The van der Waals surface area contributed by atoms with E-state index in [9.17, 15) is 4.79 Å². The van der Waals surface area contributed by atoms with E-state index >= 15 is 0 Å². The maximum absolute atomic E-state index is 12.4. The molecule has 0 bridgehead atoms. The minimum absolute atomic E-state index is 0.0443. The van der Waals surface area contributed by atoms with E-state index in [0.717, 1.165) is 33.3 Å². The molecule has 4 rings (SSSR count). The first-order valence-electron chi connectivity index (χ1n) is 8.71. The van der Waals surface area contributed by atoms with Crippen molar-refractivity contribution >= 4 is 16.7 Å². The molecule has 0 unspecified atom stereocenters. The van der Waals surface area contributed by atoms with Gasteiger partial charge in [-0.1, -0.05) is 72.8 Å². The molecule has 126 valence electrons. The second kappa shape index (κ2) is 6.57. The third-order valence-corrected chi connectivity index (χ3v) is 4.71. The van der Waals surface area contributed by atoms with Crippen molar-refractivity contribution < 1.29 is 4.79 Å². The Morgan fingerprint density at radius 2 is 1.31 bits per heavy atom. The molecule has 0 aliphatic carbocycles. The normalized spacial score (nSPS) is 10.8. The lowest BCUT2D eigenvalue weighted by atomic mass is 9.91. The topological polar surface area (TPSA) is 30.0 Å². The summed E-state index contributed by atoms with van der Waals surface area (Å²) in [5.74, 6) is 0.0443. The Morgan fingerprint density at radius 1 is 0.731 bits per heavy atom. The quantitative estimate of drug-likeness (QED) is 0.424. The van der Waals surface area contributed by atoms with Gasteiger partial charge in [0.05, 0.1) is 5.52 Å². The number of aromatic nitrogens is 1. The Morgan fingerprint density at radius 3 is 2.00 bits per heavy atom. The standard InChI is InChI=1S/C24H19NO/c1-16-23(17(2)26)24(21-10-6-7-11-22(21)25-16)20-14-12-19(13-15-20)18-8-4-3-5-9-18/h3-15H,1-2H3. The van der Waals surface area contributed by atoms with Crippen LogP contribution in [0.4, 0.5) is 0 Å². The molecule has 1 heterocycles. The van der Waals surface area contributed by atoms with Gasteiger partial charge >= 0.3 is 0 Å². The van der Waals surface area contributed by atoms with Crippen LogP contribution < -0.4 is 0 Å². The van der Waals surface area contributed by atoms with Gasteiger partial charge in [-0.3, -0.25) is 9.78 Å². The molecule has 0 amide bonds. The van der Waals surface area contributed by atoms with Crippen LogP contribution >= 0.6 is 0 Å². The third kappa shape index (κ3) is 2.80. The minimum atomic E-state index is 0.0443. The fourth-order valence-corrected chi connectivity index (χ4v) is 3.53. The summed E-state index contributed by atoms with van der Waals surface area (Å²) in [5.41, 5.74) is 6.75. The first-order valence-corrected chi connectivity index (χ1v) is 8.71. The lowest BCUT2D eigenvalue weighted by Crippen LogP contribution is -2.03. The molecular formula is C24H19NO. The van der Waals surface area contributed by atoms with E-state index in [2.05, 4.69) is 41.4 Å². The largest absolute Gasteiger partial charge is 0.294 e. The van der Waals surface area contributed by atoms with Crippen molar-refractivity contribution in [1.29, 1.82) is 0 Å². The molecule has 0 aliphatic heterocycles. The molecule has 0 radical (unpaired) electrons. The van der Waals surface area contributed by atoms with Gasteiger partial charge < -0.3 is 0 Å². The van der Waals surface area contributed by atoms with Gasteiger partial charge in [-0.15, -0.1) is 0 Å². The highest BCUT2D eigenvalue weighted by Crippen LogP contribution is 2.34. The van der Waals surface area contributed by atoms with Crippen LogP contribution in [0.15, 0.2) is 78.9 Å². The number of pyridine rings is 1. The van der Waals surface area contributed by atoms with Crippen molar-refractivity contribution in [2.24, 2.45) is 0 Å². The van der Waals surface area contributed by atoms with Gasteiger partial charge in [0.25, 0.3) is 0 Å². The Hall–Kier alpha value is -3.26. The lowest BCUT2D eigenvalue weighted by molar-refractivity contribution is 0.101. The molecule has 2 heteroatoms. The van der Waals surface area contributed by atoms with Gasteiger partial charge in [0, 0.05) is 22.2 Å². The number of nitrogens with zero attached hydrogens (tertiary/aromatic N) is 1. The predicted octanol–water partition coefficient (Wildman–Crippen LogP) is 6.08. The minimum Gasteiger partial charge on any atom is -0.294 e. The van der Waals surface area contributed by atoms with E-state index in [0.29, 0.717) is 5.56 Å². The molecule has 4 aromatic rings. The summed E-state index contributed by atoms with van der Waals surface area (Å²) >= 11 is 0. The summed E-state index contributed by atoms with van der Waals surface area (Å²) in [4.78, 5) is 17.0. The SMILES string of the molecule is CC(=O)c1c(C)nc2ccccc2c1-c1ccc(-c2ccccc2)cc1. The number of ketones is 1. The molecule has 0 fully saturated rings. The van der Waals surface area contributed by atoms with Gasteiger partial charge in [-0.25, -0.2) is 0 Å². The number of aryl methyl sites for hydroxylation is 1. The molecule has 26 heavy (non-hydrogen) atoms. The van der Waals surface area contributed by atoms with Crippen LogP contribution in [0.3, 0.4) is 0 Å². The van der Waals surface area contributed by atoms with Crippen LogP contribution in [-0.2, 0) is 0 Å². The van der Waals surface area contributed by atoms with Crippen LogP contribution in [0.2, 0.25) is 0 Å². The fraction of sp³-hybridized carbons (Fsp3) is 0.0833. The summed E-state index contributed by atoms with van der Waals surface area (Å²) in [6.07, 6.45) is 0.